The minimum absolute atomic E-state index is 0.0229. The topological polar surface area (TPSA) is 46.6 Å². The first-order valence-corrected chi connectivity index (χ1v) is 8.48. The van der Waals surface area contributed by atoms with Crippen molar-refractivity contribution in [1.29, 1.82) is 0 Å². The quantitative estimate of drug-likeness (QED) is 0.797. The molecular formula is C18H16FNO3S. The smallest absolute Gasteiger partial charge is 0.337 e. The van der Waals surface area contributed by atoms with E-state index in [1.165, 1.54) is 24.9 Å². The number of rotatable bonds is 4. The molecule has 1 aliphatic rings. The minimum Gasteiger partial charge on any atom is -0.465 e. The largest absolute Gasteiger partial charge is 0.465 e. The summed E-state index contributed by atoms with van der Waals surface area (Å²) in [5.74, 6) is -0.384. The maximum atomic E-state index is 13.9. The first-order valence-electron chi connectivity index (χ1n) is 7.43. The van der Waals surface area contributed by atoms with Crippen LogP contribution < -0.4 is 0 Å². The van der Waals surface area contributed by atoms with E-state index in [1.54, 1.807) is 47.4 Å². The fourth-order valence-corrected chi connectivity index (χ4v) is 3.80. The van der Waals surface area contributed by atoms with Crippen molar-refractivity contribution in [3.05, 3.63) is 71.0 Å². The summed E-state index contributed by atoms with van der Waals surface area (Å²) in [6.45, 7) is 0.224. The highest BCUT2D eigenvalue weighted by molar-refractivity contribution is 8.00. The van der Waals surface area contributed by atoms with Gasteiger partial charge >= 0.3 is 5.97 Å². The van der Waals surface area contributed by atoms with Crippen LogP contribution in [0.3, 0.4) is 0 Å². The lowest BCUT2D eigenvalue weighted by molar-refractivity contribution is -0.128. The average Bonchev–Trinajstić information content (AvgIpc) is 2.97. The van der Waals surface area contributed by atoms with Crippen molar-refractivity contribution in [1.82, 2.24) is 4.90 Å². The third kappa shape index (κ3) is 3.28. The lowest BCUT2D eigenvalue weighted by Gasteiger charge is -2.24. The van der Waals surface area contributed by atoms with Gasteiger partial charge in [0.05, 0.1) is 18.4 Å². The van der Waals surface area contributed by atoms with Crippen molar-refractivity contribution in [2.45, 2.75) is 11.9 Å². The molecule has 1 unspecified atom stereocenters. The van der Waals surface area contributed by atoms with Crippen LogP contribution in [-0.4, -0.2) is 29.6 Å². The Bertz CT molecular complexity index is 763. The SMILES string of the molecule is COC(=O)c1ccc(C2SCC(=O)N2Cc2ccccc2F)cc1. The van der Waals surface area contributed by atoms with Gasteiger partial charge in [0.15, 0.2) is 0 Å². The van der Waals surface area contributed by atoms with Crippen LogP contribution in [0, 0.1) is 5.82 Å². The van der Waals surface area contributed by atoms with Gasteiger partial charge in [-0.15, -0.1) is 11.8 Å². The molecular weight excluding hydrogens is 329 g/mol. The summed E-state index contributed by atoms with van der Waals surface area (Å²) >= 11 is 1.49. The minimum atomic E-state index is -0.403. The molecule has 0 aromatic heterocycles. The monoisotopic (exact) mass is 345 g/mol. The molecule has 24 heavy (non-hydrogen) atoms. The molecule has 6 heteroatoms. The second-order valence-electron chi connectivity index (χ2n) is 5.39. The molecule has 2 aromatic carbocycles. The maximum absolute atomic E-state index is 13.9. The summed E-state index contributed by atoms with van der Waals surface area (Å²) in [5.41, 5.74) is 1.84. The van der Waals surface area contributed by atoms with Crippen LogP contribution in [0.15, 0.2) is 48.5 Å². The second kappa shape index (κ2) is 7.05. The summed E-state index contributed by atoms with van der Waals surface area (Å²) in [5, 5.41) is -0.191. The highest BCUT2D eigenvalue weighted by Gasteiger charge is 2.33. The lowest BCUT2D eigenvalue weighted by atomic mass is 10.1. The number of amides is 1. The molecule has 1 amide bonds. The molecule has 0 aliphatic carbocycles. The fourth-order valence-electron chi connectivity index (χ4n) is 2.61. The highest BCUT2D eigenvalue weighted by atomic mass is 32.2. The first kappa shape index (κ1) is 16.5. The number of benzene rings is 2. The molecule has 0 saturated carbocycles. The molecule has 4 nitrogen and oxygen atoms in total. The third-order valence-electron chi connectivity index (χ3n) is 3.88. The van der Waals surface area contributed by atoms with E-state index in [9.17, 15) is 14.0 Å². The molecule has 1 saturated heterocycles. The van der Waals surface area contributed by atoms with Crippen molar-refractivity contribution in [3.63, 3.8) is 0 Å². The zero-order valence-electron chi connectivity index (χ0n) is 13.1. The van der Waals surface area contributed by atoms with Crippen LogP contribution in [0.2, 0.25) is 0 Å². The Morgan fingerprint density at radius 1 is 1.25 bits per heavy atom. The number of hydrogen-bond donors (Lipinski definition) is 0. The molecule has 1 fully saturated rings. The van der Waals surface area contributed by atoms with E-state index in [-0.39, 0.29) is 23.6 Å². The Labute approximate surface area is 143 Å². The van der Waals surface area contributed by atoms with E-state index in [0.717, 1.165) is 5.56 Å². The van der Waals surface area contributed by atoms with Crippen molar-refractivity contribution in [3.8, 4) is 0 Å². The molecule has 3 rings (SSSR count). The van der Waals surface area contributed by atoms with Gasteiger partial charge in [-0.25, -0.2) is 9.18 Å². The van der Waals surface area contributed by atoms with Crippen LogP contribution in [0.1, 0.15) is 26.9 Å². The molecule has 0 bridgehead atoms. The number of carbonyl (C=O) groups is 2. The number of esters is 1. The van der Waals surface area contributed by atoms with Gasteiger partial charge in [-0.05, 0) is 23.8 Å². The van der Waals surface area contributed by atoms with Gasteiger partial charge < -0.3 is 9.64 Å². The van der Waals surface area contributed by atoms with E-state index in [4.69, 9.17) is 0 Å². The van der Waals surface area contributed by atoms with E-state index >= 15 is 0 Å². The van der Waals surface area contributed by atoms with Crippen LogP contribution in [0.4, 0.5) is 4.39 Å². The van der Waals surface area contributed by atoms with E-state index in [1.807, 2.05) is 0 Å². The molecule has 2 aromatic rings. The fraction of sp³-hybridized carbons (Fsp3) is 0.222. The van der Waals surface area contributed by atoms with Gasteiger partial charge in [0.25, 0.3) is 0 Å². The number of nitrogens with zero attached hydrogens (tertiary/aromatic N) is 1. The summed E-state index contributed by atoms with van der Waals surface area (Å²) in [4.78, 5) is 25.4. The van der Waals surface area contributed by atoms with Crippen LogP contribution in [-0.2, 0) is 16.1 Å². The molecule has 1 atom stereocenters. The third-order valence-corrected chi connectivity index (χ3v) is 5.14. The number of carbonyl (C=O) groups excluding carboxylic acids is 2. The Morgan fingerprint density at radius 2 is 1.96 bits per heavy atom. The van der Waals surface area contributed by atoms with Crippen LogP contribution in [0.25, 0.3) is 0 Å². The molecule has 1 heterocycles. The molecule has 0 radical (unpaired) electrons. The Morgan fingerprint density at radius 3 is 2.62 bits per heavy atom. The van der Waals surface area contributed by atoms with Crippen LogP contribution >= 0.6 is 11.8 Å². The van der Waals surface area contributed by atoms with Gasteiger partial charge in [-0.3, -0.25) is 4.79 Å². The number of halogens is 1. The van der Waals surface area contributed by atoms with Gasteiger partial charge in [0, 0.05) is 12.1 Å². The zero-order valence-corrected chi connectivity index (χ0v) is 13.9. The predicted molar refractivity (Wildman–Crippen MR) is 89.9 cm³/mol. The highest BCUT2D eigenvalue weighted by Crippen LogP contribution is 2.39. The van der Waals surface area contributed by atoms with Crippen molar-refractivity contribution >= 4 is 23.6 Å². The second-order valence-corrected chi connectivity index (χ2v) is 6.46. The van der Waals surface area contributed by atoms with Crippen molar-refractivity contribution in [2.75, 3.05) is 12.9 Å². The standard InChI is InChI=1S/C18H16FNO3S/c1-23-18(22)13-8-6-12(7-9-13)17-20(16(21)11-24-17)10-14-4-2-3-5-15(14)19/h2-9,17H,10-11H2,1H3. The van der Waals surface area contributed by atoms with E-state index < -0.39 is 5.97 Å². The molecule has 0 spiro atoms. The van der Waals surface area contributed by atoms with Gasteiger partial charge in [0.2, 0.25) is 5.91 Å². The van der Waals surface area contributed by atoms with Crippen LogP contribution in [0.5, 0.6) is 0 Å². The summed E-state index contributed by atoms with van der Waals surface area (Å²) in [6, 6.07) is 13.4. The Kier molecular flexibility index (Phi) is 4.85. The summed E-state index contributed by atoms with van der Waals surface area (Å²) < 4.78 is 18.6. The molecule has 1 aliphatic heterocycles. The number of hydrogen-bond acceptors (Lipinski definition) is 4. The average molecular weight is 345 g/mol. The van der Waals surface area contributed by atoms with Gasteiger partial charge in [-0.1, -0.05) is 30.3 Å². The van der Waals surface area contributed by atoms with Gasteiger partial charge in [-0.2, -0.15) is 0 Å². The molecule has 0 N–H and O–H groups in total. The Balaban J connectivity index is 1.83. The van der Waals surface area contributed by atoms with E-state index in [0.29, 0.717) is 16.9 Å². The first-order chi connectivity index (χ1) is 11.6. The van der Waals surface area contributed by atoms with Crippen molar-refractivity contribution in [2.24, 2.45) is 0 Å². The maximum Gasteiger partial charge on any atom is 0.337 e. The van der Waals surface area contributed by atoms with Crippen molar-refractivity contribution < 1.29 is 18.7 Å². The molecule has 124 valence electrons. The number of thioether (sulfide) groups is 1. The number of methoxy groups -OCH3 is 1. The Hall–Kier alpha value is -2.34. The van der Waals surface area contributed by atoms with E-state index in [2.05, 4.69) is 4.74 Å². The summed E-state index contributed by atoms with van der Waals surface area (Å²) in [7, 11) is 1.33. The predicted octanol–water partition coefficient (Wildman–Crippen LogP) is 3.39. The van der Waals surface area contributed by atoms with Gasteiger partial charge in [0.1, 0.15) is 11.2 Å². The zero-order chi connectivity index (χ0) is 17.1. The normalized spacial score (nSPS) is 17.2. The number of ether oxygens (including phenoxy) is 1. The lowest BCUT2D eigenvalue weighted by Crippen LogP contribution is -2.28. The summed E-state index contributed by atoms with van der Waals surface area (Å²) in [6.07, 6.45) is 0.